The van der Waals surface area contributed by atoms with Gasteiger partial charge in [-0.25, -0.2) is 9.97 Å². The third-order valence-electron chi connectivity index (χ3n) is 10.2. The highest BCUT2D eigenvalue weighted by atomic mass is 16.3. The van der Waals surface area contributed by atoms with Gasteiger partial charge in [0.25, 0.3) is 0 Å². The highest BCUT2D eigenvalue weighted by molar-refractivity contribution is 6.27. The van der Waals surface area contributed by atoms with Gasteiger partial charge in [-0.05, 0) is 52.6 Å². The van der Waals surface area contributed by atoms with Gasteiger partial charge in [-0.3, -0.25) is 0 Å². The van der Waals surface area contributed by atoms with Crippen LogP contribution < -0.4 is 0 Å². The van der Waals surface area contributed by atoms with Crippen LogP contribution in [0, 0.1) is 0 Å². The second-order valence-electron chi connectivity index (χ2n) is 12.9. The number of furan rings is 1. The Kier molecular flexibility index (Phi) is 5.63. The molecular formula is C46H27N3O. The van der Waals surface area contributed by atoms with Crippen LogP contribution in [-0.2, 0) is 0 Å². The highest BCUT2D eigenvalue weighted by Gasteiger charge is 2.24. The van der Waals surface area contributed by atoms with Crippen molar-refractivity contribution < 1.29 is 4.42 Å². The van der Waals surface area contributed by atoms with Crippen LogP contribution >= 0.6 is 0 Å². The number of benzene rings is 7. The lowest BCUT2D eigenvalue weighted by atomic mass is 9.96. The van der Waals surface area contributed by atoms with Crippen molar-refractivity contribution in [3.63, 3.8) is 0 Å². The van der Waals surface area contributed by atoms with Gasteiger partial charge in [0.1, 0.15) is 5.58 Å². The number of hydrogen-bond acceptors (Lipinski definition) is 3. The average molecular weight is 638 g/mol. The molecule has 4 heteroatoms. The van der Waals surface area contributed by atoms with Gasteiger partial charge in [-0.15, -0.1) is 0 Å². The summed E-state index contributed by atoms with van der Waals surface area (Å²) in [5, 5.41) is 10.4. The summed E-state index contributed by atoms with van der Waals surface area (Å²) in [6, 6.07) is 57.7. The molecule has 0 radical (unpaired) electrons. The van der Waals surface area contributed by atoms with Gasteiger partial charge in [0, 0.05) is 43.7 Å². The summed E-state index contributed by atoms with van der Waals surface area (Å²) < 4.78 is 8.84. The largest absolute Gasteiger partial charge is 0.438 e. The van der Waals surface area contributed by atoms with E-state index in [4.69, 9.17) is 14.4 Å². The predicted octanol–water partition coefficient (Wildman–Crippen LogP) is 12.3. The van der Waals surface area contributed by atoms with Gasteiger partial charge >= 0.3 is 0 Å². The number of pyridine rings is 2. The van der Waals surface area contributed by atoms with Crippen molar-refractivity contribution in [2.45, 2.75) is 0 Å². The van der Waals surface area contributed by atoms with Crippen LogP contribution in [0.5, 0.6) is 0 Å². The number of rotatable bonds is 3. The highest BCUT2D eigenvalue weighted by Crippen LogP contribution is 2.44. The Morgan fingerprint density at radius 2 is 1.00 bits per heavy atom. The fourth-order valence-electron chi connectivity index (χ4n) is 7.99. The molecule has 4 heterocycles. The number of hydrogen-bond donors (Lipinski definition) is 0. The van der Waals surface area contributed by atoms with E-state index in [1.807, 2.05) is 12.1 Å². The van der Waals surface area contributed by atoms with Crippen LogP contribution in [0.1, 0.15) is 0 Å². The first kappa shape index (κ1) is 27.2. The molecule has 0 N–H and O–H groups in total. The van der Waals surface area contributed by atoms with E-state index in [1.165, 1.54) is 26.9 Å². The van der Waals surface area contributed by atoms with E-state index in [0.29, 0.717) is 5.71 Å². The molecule has 0 saturated carbocycles. The number of para-hydroxylation sites is 3. The third kappa shape index (κ3) is 3.81. The zero-order valence-electron chi connectivity index (χ0n) is 26.8. The van der Waals surface area contributed by atoms with Crippen LogP contribution in [0.2, 0.25) is 0 Å². The quantitative estimate of drug-likeness (QED) is 0.181. The maximum atomic E-state index is 6.47. The molecule has 4 nitrogen and oxygen atoms in total. The molecule has 0 saturated heterocycles. The van der Waals surface area contributed by atoms with E-state index in [0.717, 1.165) is 71.9 Å². The molecule has 0 fully saturated rings. The fraction of sp³-hybridized carbons (Fsp3) is 0. The minimum atomic E-state index is 0.632. The molecule has 232 valence electrons. The van der Waals surface area contributed by atoms with Gasteiger partial charge in [-0.1, -0.05) is 127 Å². The van der Waals surface area contributed by atoms with Crippen molar-refractivity contribution in [3.05, 3.63) is 164 Å². The van der Waals surface area contributed by atoms with Crippen molar-refractivity contribution in [3.8, 4) is 28.2 Å². The normalized spacial score (nSPS) is 12.0. The smallest absolute Gasteiger partial charge is 0.230 e. The summed E-state index contributed by atoms with van der Waals surface area (Å²) in [5.41, 5.74) is 9.73. The first-order valence-electron chi connectivity index (χ1n) is 16.9. The van der Waals surface area contributed by atoms with Gasteiger partial charge in [0.05, 0.1) is 33.3 Å². The lowest BCUT2D eigenvalue weighted by Gasteiger charge is -2.12. The molecule has 0 aliphatic carbocycles. The van der Waals surface area contributed by atoms with Crippen molar-refractivity contribution in [1.82, 2.24) is 14.5 Å². The molecule has 11 rings (SSSR count). The second kappa shape index (κ2) is 10.4. The van der Waals surface area contributed by atoms with E-state index >= 15 is 0 Å². The first-order chi connectivity index (χ1) is 24.8. The molecule has 0 spiro atoms. The van der Waals surface area contributed by atoms with Crippen molar-refractivity contribution in [1.29, 1.82) is 0 Å². The van der Waals surface area contributed by atoms with Gasteiger partial charge < -0.3 is 8.98 Å². The minimum absolute atomic E-state index is 0.632. The SMILES string of the molecule is c1ccc(-n2c3ccccc3c3c(-c4ccc(-c5ccc6c7ccccc7c7ccccc7c6n5)cc4)nc4oc5ccccc5c4c32)cc1. The Morgan fingerprint density at radius 1 is 0.420 bits per heavy atom. The predicted molar refractivity (Wildman–Crippen MR) is 207 cm³/mol. The Bertz CT molecular complexity index is 3100. The van der Waals surface area contributed by atoms with E-state index < -0.39 is 0 Å². The molecule has 7 aromatic carbocycles. The topological polar surface area (TPSA) is 43.9 Å². The molecule has 50 heavy (non-hydrogen) atoms. The van der Waals surface area contributed by atoms with Crippen molar-refractivity contribution in [2.75, 3.05) is 0 Å². The summed E-state index contributed by atoms with van der Waals surface area (Å²) >= 11 is 0. The number of nitrogens with zero attached hydrogens (tertiary/aromatic N) is 3. The molecule has 0 atom stereocenters. The molecular weight excluding hydrogens is 611 g/mol. The average Bonchev–Trinajstić information content (AvgIpc) is 3.74. The maximum absolute atomic E-state index is 6.47. The Labute approximate surface area is 286 Å². The standard InChI is InChI=1S/C46H27N3O/c1-2-12-30(13-3-1)49-39-20-10-8-18-36(39)41-43(48-46-42(45(41)49)37-19-9-11-21-40(37)50-46)29-24-22-28(23-25-29)38-27-26-35-33-16-5-4-14-31(33)32-15-6-7-17-34(32)44(35)47-38/h1-27H. The molecule has 0 bridgehead atoms. The molecule has 0 unspecified atom stereocenters. The molecule has 0 amide bonds. The van der Waals surface area contributed by atoms with Crippen molar-refractivity contribution in [2.24, 2.45) is 0 Å². The Hall–Kier alpha value is -6.78. The van der Waals surface area contributed by atoms with E-state index in [2.05, 4.69) is 156 Å². The molecule has 11 aromatic rings. The van der Waals surface area contributed by atoms with Crippen LogP contribution in [0.3, 0.4) is 0 Å². The minimum Gasteiger partial charge on any atom is -0.438 e. The number of aromatic nitrogens is 3. The monoisotopic (exact) mass is 637 g/mol. The molecule has 0 aliphatic heterocycles. The summed E-state index contributed by atoms with van der Waals surface area (Å²) in [7, 11) is 0. The first-order valence-corrected chi connectivity index (χ1v) is 16.9. The van der Waals surface area contributed by atoms with Gasteiger partial charge in [0.2, 0.25) is 5.71 Å². The second-order valence-corrected chi connectivity index (χ2v) is 12.9. The summed E-state index contributed by atoms with van der Waals surface area (Å²) in [6.45, 7) is 0. The zero-order valence-corrected chi connectivity index (χ0v) is 26.8. The Balaban J connectivity index is 1.15. The summed E-state index contributed by atoms with van der Waals surface area (Å²) in [6.07, 6.45) is 0. The van der Waals surface area contributed by atoms with Gasteiger partial charge in [-0.2, -0.15) is 0 Å². The zero-order chi connectivity index (χ0) is 32.8. The fourth-order valence-corrected chi connectivity index (χ4v) is 7.99. The van der Waals surface area contributed by atoms with Crippen molar-refractivity contribution >= 4 is 76.3 Å². The van der Waals surface area contributed by atoms with Crippen LogP contribution in [-0.4, -0.2) is 14.5 Å². The van der Waals surface area contributed by atoms with E-state index in [9.17, 15) is 0 Å². The third-order valence-corrected chi connectivity index (χ3v) is 10.2. The lowest BCUT2D eigenvalue weighted by Crippen LogP contribution is -1.95. The summed E-state index contributed by atoms with van der Waals surface area (Å²) in [4.78, 5) is 10.6. The van der Waals surface area contributed by atoms with Crippen LogP contribution in [0.15, 0.2) is 168 Å². The van der Waals surface area contributed by atoms with Crippen LogP contribution in [0.4, 0.5) is 0 Å². The van der Waals surface area contributed by atoms with E-state index in [-0.39, 0.29) is 0 Å². The molecule has 4 aromatic heterocycles. The number of fused-ring (bicyclic) bond motifs is 13. The van der Waals surface area contributed by atoms with Crippen LogP contribution in [0.25, 0.3) is 105 Å². The lowest BCUT2D eigenvalue weighted by molar-refractivity contribution is 0.655. The summed E-state index contributed by atoms with van der Waals surface area (Å²) in [5.74, 6) is 0. The maximum Gasteiger partial charge on any atom is 0.230 e. The van der Waals surface area contributed by atoms with Gasteiger partial charge in [0.15, 0.2) is 0 Å². The van der Waals surface area contributed by atoms with E-state index in [1.54, 1.807) is 0 Å². The Morgan fingerprint density at radius 3 is 1.76 bits per heavy atom. The molecule has 0 aliphatic rings.